The van der Waals surface area contributed by atoms with Crippen LogP contribution in [0.2, 0.25) is 0 Å². The molecule has 6 aromatic rings. The molecular weight excluding hydrogens is 1050 g/mol. The van der Waals surface area contributed by atoms with Crippen molar-refractivity contribution in [2.24, 2.45) is 0 Å². The highest BCUT2D eigenvalue weighted by molar-refractivity contribution is 6.05. The third kappa shape index (κ3) is 14.1. The lowest BCUT2D eigenvalue weighted by atomic mass is 9.71. The maximum absolute atomic E-state index is 14.1. The summed E-state index contributed by atoms with van der Waals surface area (Å²) in [5.41, 5.74) is 8.71. The smallest absolute Gasteiger partial charge is 0.251 e. The average molecular weight is 1120 g/mol. The van der Waals surface area contributed by atoms with E-state index in [1.807, 2.05) is 102 Å². The number of aliphatic hydroxyl groups is 1. The third-order valence-corrected chi connectivity index (χ3v) is 14.8. The second-order valence-electron chi connectivity index (χ2n) is 20.4. The minimum absolute atomic E-state index is 0.00131. The summed E-state index contributed by atoms with van der Waals surface area (Å²) in [6, 6.07) is 35.2. The first kappa shape index (κ1) is 58.1. The van der Waals surface area contributed by atoms with Crippen LogP contribution in [0.25, 0.3) is 22.5 Å². The number of hydrogen-bond donors (Lipinski definition) is 7. The molecule has 3 aliphatic rings. The maximum atomic E-state index is 14.1. The Kier molecular flexibility index (Phi) is 19.4. The number of aromatic nitrogens is 3. The van der Waals surface area contributed by atoms with E-state index in [1.165, 1.54) is 23.8 Å². The maximum Gasteiger partial charge on any atom is 0.251 e. The second kappa shape index (κ2) is 27.7. The van der Waals surface area contributed by atoms with Gasteiger partial charge in [0.25, 0.3) is 17.7 Å². The predicted molar refractivity (Wildman–Crippen MR) is 313 cm³/mol. The standard InChI is InChI=1S/C63H67N11O9/c1-2-3-12-34-74-60-47-16-7-5-14-42(47)40-73(53-20-11-9-18-51(53)59(60)70-71-74)58(80)26-24-55(77)65-29-32-68-62(82)44-36-43(37-45(38-44)63(83)69-33-30-66-56(78)27-35-75)61(81)67-31-28-64-54(76)23-25-57(79)72-39-41-13-4-6-15-46(41)48-21-22-49(48)50-17-8-10-19-52(50)72/h2,4-11,13-22,36-38,48-49,75H,1,3,12,23-35,39-40H2,(H,64,76)(H,65,77)(H,66,78)(H,67,81)(H,68,82)(H,69,83). The number of carbonyl (C=O) groups is 8. The molecule has 20 heteroatoms. The highest BCUT2D eigenvalue weighted by atomic mass is 16.3. The van der Waals surface area contributed by atoms with Gasteiger partial charge >= 0.3 is 0 Å². The molecule has 0 radical (unpaired) electrons. The van der Waals surface area contributed by atoms with E-state index < -0.39 is 29.5 Å². The van der Waals surface area contributed by atoms with Gasteiger partial charge in [0.15, 0.2) is 0 Å². The molecule has 0 saturated carbocycles. The second-order valence-corrected chi connectivity index (χ2v) is 20.4. The van der Waals surface area contributed by atoms with Crippen LogP contribution in [-0.4, -0.2) is 113 Å². The summed E-state index contributed by atoms with van der Waals surface area (Å²) in [5, 5.41) is 34.3. The van der Waals surface area contributed by atoms with Gasteiger partial charge in [-0.1, -0.05) is 108 Å². The highest BCUT2D eigenvalue weighted by Crippen LogP contribution is 2.49. The molecule has 8 amide bonds. The van der Waals surface area contributed by atoms with Crippen LogP contribution in [0, 0.1) is 0 Å². The number of nitrogens with one attached hydrogen (secondary N) is 6. The zero-order chi connectivity index (χ0) is 58.2. The normalized spacial score (nSPS) is 14.3. The summed E-state index contributed by atoms with van der Waals surface area (Å²) in [7, 11) is 0. The number of nitrogens with zero attached hydrogens (tertiary/aromatic N) is 5. The van der Waals surface area contributed by atoms with Gasteiger partial charge in [0.2, 0.25) is 29.5 Å². The first-order valence-electron chi connectivity index (χ1n) is 28.0. The Bertz CT molecular complexity index is 3460. The monoisotopic (exact) mass is 1120 g/mol. The van der Waals surface area contributed by atoms with Crippen LogP contribution in [0.1, 0.15) is 110 Å². The van der Waals surface area contributed by atoms with E-state index in [9.17, 15) is 38.4 Å². The number of anilines is 2. The molecule has 1 aliphatic carbocycles. The summed E-state index contributed by atoms with van der Waals surface area (Å²) >= 11 is 0. The Labute approximate surface area is 480 Å². The fourth-order valence-corrected chi connectivity index (χ4v) is 10.5. The largest absolute Gasteiger partial charge is 0.396 e. The molecule has 5 aromatic carbocycles. The van der Waals surface area contributed by atoms with Crippen molar-refractivity contribution in [1.29, 1.82) is 0 Å². The van der Waals surface area contributed by atoms with Gasteiger partial charge in [0.1, 0.15) is 5.69 Å². The number of benzene rings is 5. The third-order valence-electron chi connectivity index (χ3n) is 14.8. The van der Waals surface area contributed by atoms with Gasteiger partial charge in [-0.15, -0.1) is 11.7 Å². The van der Waals surface area contributed by atoms with E-state index in [0.29, 0.717) is 24.5 Å². The number of unbranched alkanes of at least 4 members (excludes halogenated alkanes) is 1. The SMILES string of the molecule is C=CCCCn1nnc2c1-c1ccccc1CN(C(=O)CCC(=O)NCCNC(=O)c1cc(C(=O)NCCNC(=O)CCO)cc(C(=O)NCCNC(=O)CCC(=O)N3Cc4ccccc4C4C=CC4c4ccccc43)c1)c1ccccc1-2. The molecule has 20 nitrogen and oxygen atoms in total. The van der Waals surface area contributed by atoms with Gasteiger partial charge in [-0.3, -0.25) is 38.4 Å². The molecule has 0 saturated heterocycles. The van der Waals surface area contributed by atoms with Crippen molar-refractivity contribution in [3.63, 3.8) is 0 Å². The van der Waals surface area contributed by atoms with Gasteiger partial charge < -0.3 is 46.8 Å². The van der Waals surface area contributed by atoms with E-state index in [4.69, 9.17) is 5.11 Å². The van der Waals surface area contributed by atoms with E-state index in [2.05, 4.69) is 67.0 Å². The van der Waals surface area contributed by atoms with Gasteiger partial charge in [0, 0.05) is 123 Å². The van der Waals surface area contributed by atoms with Crippen molar-refractivity contribution in [2.45, 2.75) is 76.4 Å². The van der Waals surface area contributed by atoms with Crippen LogP contribution in [-0.2, 0) is 43.6 Å². The zero-order valence-electron chi connectivity index (χ0n) is 46.0. The Morgan fingerprint density at radius 2 is 0.988 bits per heavy atom. The molecule has 2 unspecified atom stereocenters. The Balaban J connectivity index is 0.772. The number of amides is 8. The van der Waals surface area contributed by atoms with E-state index >= 15 is 0 Å². The van der Waals surface area contributed by atoms with Crippen LogP contribution in [0.4, 0.5) is 11.4 Å². The Hall–Kier alpha value is -9.56. The molecular formula is C63H67N11O9. The molecule has 1 aromatic heterocycles. The van der Waals surface area contributed by atoms with Crippen molar-refractivity contribution < 1.29 is 43.5 Å². The number of aliphatic hydroxyl groups excluding tert-OH is 1. The summed E-state index contributed by atoms with van der Waals surface area (Å²) < 4.78 is 1.90. The molecule has 2 atom stereocenters. The molecule has 7 N–H and O–H groups in total. The van der Waals surface area contributed by atoms with Crippen LogP contribution in [0.5, 0.6) is 0 Å². The molecule has 0 spiro atoms. The summed E-state index contributed by atoms with van der Waals surface area (Å²) in [4.78, 5) is 110. The fourth-order valence-electron chi connectivity index (χ4n) is 10.5. The lowest BCUT2D eigenvalue weighted by molar-refractivity contribution is -0.125. The number of para-hydroxylation sites is 2. The van der Waals surface area contributed by atoms with E-state index in [1.54, 1.807) is 9.80 Å². The molecule has 428 valence electrons. The number of fused-ring (bicyclic) bond motifs is 10. The molecule has 2 aliphatic heterocycles. The summed E-state index contributed by atoms with van der Waals surface area (Å²) in [6.07, 6.45) is 7.41. The molecule has 83 heavy (non-hydrogen) atoms. The van der Waals surface area contributed by atoms with Gasteiger partial charge in [-0.05, 0) is 65.4 Å². The van der Waals surface area contributed by atoms with Crippen LogP contribution in [0.3, 0.4) is 0 Å². The topological polar surface area (TPSA) is 266 Å². The number of allylic oxidation sites excluding steroid dienone is 3. The summed E-state index contributed by atoms with van der Waals surface area (Å²) in [5.74, 6) is -3.26. The quantitative estimate of drug-likeness (QED) is 0.0290. The lowest BCUT2D eigenvalue weighted by Gasteiger charge is -2.38. The van der Waals surface area contributed by atoms with Gasteiger partial charge in [-0.2, -0.15) is 0 Å². The number of aryl methyl sites for hydroxylation is 1. The zero-order valence-corrected chi connectivity index (χ0v) is 46.0. The molecule has 0 bridgehead atoms. The number of rotatable bonds is 24. The van der Waals surface area contributed by atoms with Crippen molar-refractivity contribution >= 4 is 58.6 Å². The van der Waals surface area contributed by atoms with Crippen LogP contribution >= 0.6 is 0 Å². The van der Waals surface area contributed by atoms with Crippen molar-refractivity contribution in [3.05, 3.63) is 179 Å². The molecule has 3 heterocycles. The summed E-state index contributed by atoms with van der Waals surface area (Å²) in [6.45, 7) is 4.78. The van der Waals surface area contributed by atoms with Crippen molar-refractivity contribution in [2.75, 3.05) is 55.7 Å². The highest BCUT2D eigenvalue weighted by Gasteiger charge is 2.35. The van der Waals surface area contributed by atoms with Crippen LogP contribution in [0.15, 0.2) is 140 Å². The van der Waals surface area contributed by atoms with Crippen molar-refractivity contribution in [1.82, 2.24) is 46.9 Å². The number of hydrogen-bond acceptors (Lipinski definition) is 11. The first-order chi connectivity index (χ1) is 40.4. The van der Waals surface area contributed by atoms with E-state index in [0.717, 1.165) is 52.0 Å². The Morgan fingerprint density at radius 3 is 1.55 bits per heavy atom. The minimum Gasteiger partial charge on any atom is -0.396 e. The minimum atomic E-state index is -0.653. The first-order valence-corrected chi connectivity index (χ1v) is 28.0. The predicted octanol–water partition coefficient (Wildman–Crippen LogP) is 5.59. The van der Waals surface area contributed by atoms with Gasteiger partial charge in [0.05, 0.1) is 31.1 Å². The average Bonchev–Trinajstić information content (AvgIpc) is 4.12. The van der Waals surface area contributed by atoms with Crippen LogP contribution < -0.4 is 41.7 Å². The fraction of sp³-hybridized carbons (Fsp3) is 0.302. The van der Waals surface area contributed by atoms with Gasteiger partial charge in [-0.25, -0.2) is 4.68 Å². The molecule has 9 rings (SSSR count). The number of carbonyl (C=O) groups excluding carboxylic acids is 8. The molecule has 0 fully saturated rings. The van der Waals surface area contributed by atoms with Crippen molar-refractivity contribution in [3.8, 4) is 22.5 Å². The lowest BCUT2D eigenvalue weighted by Crippen LogP contribution is -2.37. The van der Waals surface area contributed by atoms with E-state index in [-0.39, 0.29) is 131 Å². The Morgan fingerprint density at radius 1 is 0.530 bits per heavy atom.